The second-order valence-corrected chi connectivity index (χ2v) is 7.05. The van der Waals surface area contributed by atoms with Crippen LogP contribution in [0.25, 0.3) is 0 Å². The number of aliphatic hydroxyl groups is 1. The molecule has 4 heteroatoms. The number of benzene rings is 1. The van der Waals surface area contributed by atoms with Gasteiger partial charge in [-0.2, -0.15) is 0 Å². The molecule has 0 aromatic heterocycles. The Morgan fingerprint density at radius 3 is 2.57 bits per heavy atom. The van der Waals surface area contributed by atoms with Gasteiger partial charge in [0.25, 0.3) is 0 Å². The second kappa shape index (κ2) is 7.85. The highest BCUT2D eigenvalue weighted by Gasteiger charge is 2.41. The van der Waals surface area contributed by atoms with Gasteiger partial charge in [-0.05, 0) is 31.9 Å². The van der Waals surface area contributed by atoms with Crippen molar-refractivity contribution in [2.75, 3.05) is 6.61 Å². The average molecular weight is 308 g/mol. The van der Waals surface area contributed by atoms with E-state index in [0.717, 1.165) is 30.6 Å². The zero-order valence-corrected chi connectivity index (χ0v) is 13.4. The summed E-state index contributed by atoms with van der Waals surface area (Å²) in [5, 5.41) is 10.7. The maximum Gasteiger partial charge on any atom is 0.308 e. The molecule has 1 unspecified atom stereocenters. The Morgan fingerprint density at radius 1 is 1.29 bits per heavy atom. The van der Waals surface area contributed by atoms with E-state index in [0.29, 0.717) is 6.61 Å². The largest absolute Gasteiger partial charge is 0.466 e. The van der Waals surface area contributed by atoms with Crippen LogP contribution in [-0.2, 0) is 9.53 Å². The second-order valence-electron chi connectivity index (χ2n) is 5.57. The lowest BCUT2D eigenvalue weighted by molar-refractivity contribution is -0.146. The van der Waals surface area contributed by atoms with Crippen LogP contribution in [0.2, 0.25) is 0 Å². The molecule has 3 nitrogen and oxygen atoms in total. The molecule has 0 aliphatic heterocycles. The quantitative estimate of drug-likeness (QED) is 0.812. The summed E-state index contributed by atoms with van der Waals surface area (Å²) in [5.74, 6) is -0.302. The third kappa shape index (κ3) is 4.48. The van der Waals surface area contributed by atoms with E-state index in [9.17, 15) is 9.90 Å². The molecule has 0 amide bonds. The molecule has 1 aliphatic rings. The molecule has 1 aromatic rings. The van der Waals surface area contributed by atoms with Crippen LogP contribution in [0, 0.1) is 0 Å². The Hall–Kier alpha value is -1.00. The smallest absolute Gasteiger partial charge is 0.308 e. The first-order chi connectivity index (χ1) is 10.2. The standard InChI is InChI=1S/C17H24O3S/c1-2-20-16(19)13-15(18)17(11-7-4-8-12-17)21-14-9-5-3-6-10-14/h3,5-6,9-10,15,18H,2,4,7-8,11-13H2,1H3. The topological polar surface area (TPSA) is 46.5 Å². The van der Waals surface area contributed by atoms with Crippen LogP contribution in [0.1, 0.15) is 45.4 Å². The first-order valence-electron chi connectivity index (χ1n) is 7.74. The summed E-state index contributed by atoms with van der Waals surface area (Å²) < 4.78 is 4.73. The van der Waals surface area contributed by atoms with Crippen LogP contribution in [0.3, 0.4) is 0 Å². The highest BCUT2D eigenvalue weighted by atomic mass is 32.2. The van der Waals surface area contributed by atoms with Gasteiger partial charge < -0.3 is 9.84 Å². The van der Waals surface area contributed by atoms with Gasteiger partial charge in [-0.1, -0.05) is 37.5 Å². The number of carbonyl (C=O) groups excluding carboxylic acids is 1. The van der Waals surface area contributed by atoms with E-state index in [2.05, 4.69) is 12.1 Å². The Kier molecular flexibility index (Phi) is 6.12. The zero-order chi connectivity index (χ0) is 15.1. The van der Waals surface area contributed by atoms with Crippen LogP contribution >= 0.6 is 11.8 Å². The lowest BCUT2D eigenvalue weighted by atomic mass is 9.83. The van der Waals surface area contributed by atoms with E-state index in [-0.39, 0.29) is 17.1 Å². The number of hydrogen-bond donors (Lipinski definition) is 1. The van der Waals surface area contributed by atoms with E-state index < -0.39 is 6.10 Å². The Labute approximate surface area is 131 Å². The van der Waals surface area contributed by atoms with Crippen LogP contribution in [0.4, 0.5) is 0 Å². The molecule has 1 saturated carbocycles. The first kappa shape index (κ1) is 16.4. The fourth-order valence-electron chi connectivity index (χ4n) is 2.94. The van der Waals surface area contributed by atoms with Crippen LogP contribution in [-0.4, -0.2) is 28.5 Å². The fraction of sp³-hybridized carbons (Fsp3) is 0.588. The maximum absolute atomic E-state index is 11.7. The molecule has 0 saturated heterocycles. The number of carbonyl (C=O) groups is 1. The highest BCUT2D eigenvalue weighted by molar-refractivity contribution is 8.00. The van der Waals surface area contributed by atoms with E-state index in [1.807, 2.05) is 18.2 Å². The molecule has 1 aromatic carbocycles. The molecule has 0 spiro atoms. The molecule has 1 N–H and O–H groups in total. The van der Waals surface area contributed by atoms with Crippen LogP contribution < -0.4 is 0 Å². The van der Waals surface area contributed by atoms with Crippen molar-refractivity contribution in [1.82, 2.24) is 0 Å². The molecule has 0 heterocycles. The van der Waals surface area contributed by atoms with E-state index >= 15 is 0 Å². The van der Waals surface area contributed by atoms with Crippen molar-refractivity contribution < 1.29 is 14.6 Å². The normalized spacial score (nSPS) is 19.0. The predicted octanol–water partition coefficient (Wildman–Crippen LogP) is 3.80. The van der Waals surface area contributed by atoms with Gasteiger partial charge in [0.2, 0.25) is 0 Å². The van der Waals surface area contributed by atoms with E-state index in [1.165, 1.54) is 6.42 Å². The van der Waals surface area contributed by atoms with Crippen molar-refractivity contribution >= 4 is 17.7 Å². The molecule has 0 bridgehead atoms. The Balaban J connectivity index is 2.10. The monoisotopic (exact) mass is 308 g/mol. The molecule has 1 aliphatic carbocycles. The number of esters is 1. The van der Waals surface area contributed by atoms with Crippen molar-refractivity contribution in [2.24, 2.45) is 0 Å². The number of thioether (sulfide) groups is 1. The van der Waals surface area contributed by atoms with Gasteiger partial charge in [0.1, 0.15) is 0 Å². The van der Waals surface area contributed by atoms with Crippen molar-refractivity contribution in [2.45, 2.75) is 61.2 Å². The van der Waals surface area contributed by atoms with Crippen molar-refractivity contribution in [1.29, 1.82) is 0 Å². The molecule has 1 atom stereocenters. The van der Waals surface area contributed by atoms with E-state index in [1.54, 1.807) is 18.7 Å². The average Bonchev–Trinajstić information content (AvgIpc) is 2.49. The zero-order valence-electron chi connectivity index (χ0n) is 12.6. The van der Waals surface area contributed by atoms with Gasteiger partial charge in [0, 0.05) is 9.64 Å². The highest BCUT2D eigenvalue weighted by Crippen LogP contribution is 2.47. The SMILES string of the molecule is CCOC(=O)CC(O)C1(Sc2ccccc2)CCCCC1. The fourth-order valence-corrected chi connectivity index (χ4v) is 4.42. The van der Waals surface area contributed by atoms with Crippen molar-refractivity contribution in [3.63, 3.8) is 0 Å². The summed E-state index contributed by atoms with van der Waals surface area (Å²) in [5.41, 5.74) is 0. The molecular formula is C17H24O3S. The van der Waals surface area contributed by atoms with Gasteiger partial charge in [0.15, 0.2) is 0 Å². The Bertz CT molecular complexity index is 441. The molecule has 0 radical (unpaired) electrons. The van der Waals surface area contributed by atoms with E-state index in [4.69, 9.17) is 4.74 Å². The third-order valence-electron chi connectivity index (χ3n) is 4.04. The Morgan fingerprint density at radius 2 is 1.95 bits per heavy atom. The molecule has 116 valence electrons. The minimum Gasteiger partial charge on any atom is -0.466 e. The summed E-state index contributed by atoms with van der Waals surface area (Å²) in [4.78, 5) is 12.9. The van der Waals surface area contributed by atoms with Gasteiger partial charge in [-0.15, -0.1) is 11.8 Å². The molecule has 2 rings (SSSR count). The number of ether oxygens (including phenoxy) is 1. The first-order valence-corrected chi connectivity index (χ1v) is 8.56. The lowest BCUT2D eigenvalue weighted by Gasteiger charge is -2.40. The third-order valence-corrected chi connectivity index (χ3v) is 5.63. The number of aliphatic hydroxyl groups excluding tert-OH is 1. The van der Waals surface area contributed by atoms with Gasteiger partial charge in [-0.25, -0.2) is 0 Å². The van der Waals surface area contributed by atoms with Gasteiger partial charge >= 0.3 is 5.97 Å². The van der Waals surface area contributed by atoms with Crippen molar-refractivity contribution in [3.8, 4) is 0 Å². The van der Waals surface area contributed by atoms with Gasteiger partial charge in [0.05, 0.1) is 19.1 Å². The summed E-state index contributed by atoms with van der Waals surface area (Å²) in [6, 6.07) is 10.1. The number of rotatable bonds is 6. The minimum atomic E-state index is -0.651. The van der Waals surface area contributed by atoms with Crippen LogP contribution in [0.5, 0.6) is 0 Å². The molecule has 1 fully saturated rings. The minimum absolute atomic E-state index is 0.0909. The van der Waals surface area contributed by atoms with Crippen molar-refractivity contribution in [3.05, 3.63) is 30.3 Å². The van der Waals surface area contributed by atoms with Gasteiger partial charge in [-0.3, -0.25) is 4.79 Å². The summed E-state index contributed by atoms with van der Waals surface area (Å²) in [6.45, 7) is 2.16. The van der Waals surface area contributed by atoms with Crippen LogP contribution in [0.15, 0.2) is 35.2 Å². The molecular weight excluding hydrogens is 284 g/mol. The summed E-state index contributed by atoms with van der Waals surface area (Å²) in [7, 11) is 0. The maximum atomic E-state index is 11.7. The predicted molar refractivity (Wildman–Crippen MR) is 85.4 cm³/mol. The lowest BCUT2D eigenvalue weighted by Crippen LogP contribution is -2.42. The molecule has 21 heavy (non-hydrogen) atoms. The summed E-state index contributed by atoms with van der Waals surface area (Å²) in [6.07, 6.45) is 4.78. The number of hydrogen-bond acceptors (Lipinski definition) is 4. The summed E-state index contributed by atoms with van der Waals surface area (Å²) >= 11 is 1.72.